The monoisotopic (exact) mass is 469 g/mol. The maximum Gasteiger partial charge on any atom is 0.219 e. The summed E-state index contributed by atoms with van der Waals surface area (Å²) >= 11 is 0. The zero-order chi connectivity index (χ0) is 23.8. The maximum atomic E-state index is 14.6. The number of amides is 1. The van der Waals surface area contributed by atoms with E-state index in [1.807, 2.05) is 17.9 Å². The first kappa shape index (κ1) is 22.1. The number of aromatic nitrogens is 1. The summed E-state index contributed by atoms with van der Waals surface area (Å²) in [5, 5.41) is 0. The lowest BCUT2D eigenvalue weighted by Crippen LogP contribution is -2.51. The molecular weight excluding hydrogens is 444 g/mol. The van der Waals surface area contributed by atoms with Crippen LogP contribution in [0.1, 0.15) is 18.2 Å². The van der Waals surface area contributed by atoms with Crippen molar-refractivity contribution in [3.63, 3.8) is 0 Å². The van der Waals surface area contributed by atoms with Crippen LogP contribution in [0.3, 0.4) is 0 Å². The summed E-state index contributed by atoms with van der Waals surface area (Å²) in [7, 11) is 0. The number of hydrogen-bond acceptors (Lipinski definition) is 7. The largest absolute Gasteiger partial charge is 0.473 e. The fraction of sp³-hybridized carbons (Fsp3) is 0.375. The minimum absolute atomic E-state index is 0.0373. The quantitative estimate of drug-likeness (QED) is 0.686. The molecule has 2 saturated heterocycles. The van der Waals surface area contributed by atoms with E-state index in [1.165, 1.54) is 18.3 Å². The van der Waals surface area contributed by atoms with Crippen molar-refractivity contribution >= 4 is 11.8 Å². The number of piperazine rings is 1. The number of carbonyl (C=O) groups is 1. The summed E-state index contributed by atoms with van der Waals surface area (Å²) in [5.41, 5.74) is 1.10. The Morgan fingerprint density at radius 3 is 2.68 bits per heavy atom. The van der Waals surface area contributed by atoms with Crippen LogP contribution in [-0.2, 0) is 16.1 Å². The van der Waals surface area contributed by atoms with Crippen LogP contribution in [0.2, 0.25) is 0 Å². The second kappa shape index (κ2) is 8.92. The molecule has 0 saturated carbocycles. The molecule has 2 aromatic rings. The van der Waals surface area contributed by atoms with Gasteiger partial charge in [0, 0.05) is 44.9 Å². The molecule has 2 fully saturated rings. The van der Waals surface area contributed by atoms with Crippen molar-refractivity contribution in [2.24, 2.45) is 4.99 Å². The van der Waals surface area contributed by atoms with Crippen LogP contribution >= 0.6 is 0 Å². The van der Waals surface area contributed by atoms with Crippen molar-refractivity contribution < 1.29 is 23.0 Å². The van der Waals surface area contributed by atoms with E-state index in [1.54, 1.807) is 19.1 Å². The van der Waals surface area contributed by atoms with Crippen molar-refractivity contribution in [1.29, 1.82) is 0 Å². The molecule has 178 valence electrons. The highest BCUT2D eigenvalue weighted by atomic mass is 19.1. The number of pyridine rings is 1. The van der Waals surface area contributed by atoms with Gasteiger partial charge in [-0.15, -0.1) is 0 Å². The Bertz CT molecular complexity index is 1140. The van der Waals surface area contributed by atoms with Gasteiger partial charge < -0.3 is 24.2 Å². The number of rotatable bonds is 4. The Morgan fingerprint density at radius 2 is 1.97 bits per heavy atom. The second-order valence-corrected chi connectivity index (χ2v) is 8.59. The van der Waals surface area contributed by atoms with Gasteiger partial charge in [0.05, 0.1) is 12.2 Å². The Hall–Kier alpha value is -3.69. The normalized spacial score (nSPS) is 19.3. The van der Waals surface area contributed by atoms with Gasteiger partial charge in [-0.2, -0.15) is 0 Å². The summed E-state index contributed by atoms with van der Waals surface area (Å²) in [6.07, 6.45) is 3.26. The van der Waals surface area contributed by atoms with E-state index >= 15 is 0 Å². The third-order valence-electron chi connectivity index (χ3n) is 6.18. The molecule has 4 heterocycles. The highest BCUT2D eigenvalue weighted by molar-refractivity contribution is 5.89. The second-order valence-electron chi connectivity index (χ2n) is 8.59. The minimum atomic E-state index is -0.823. The van der Waals surface area contributed by atoms with Gasteiger partial charge in [0.1, 0.15) is 24.8 Å². The molecule has 34 heavy (non-hydrogen) atoms. The van der Waals surface area contributed by atoms with Crippen LogP contribution in [-0.4, -0.2) is 70.4 Å². The van der Waals surface area contributed by atoms with E-state index in [2.05, 4.69) is 19.8 Å². The number of aliphatic imine (C=N–C) groups is 1. The molecule has 0 N–H and O–H groups in total. The smallest absolute Gasteiger partial charge is 0.219 e. The van der Waals surface area contributed by atoms with Gasteiger partial charge in [-0.1, -0.05) is 0 Å². The van der Waals surface area contributed by atoms with Crippen LogP contribution in [0.25, 0.3) is 0 Å². The van der Waals surface area contributed by atoms with Gasteiger partial charge in [0.15, 0.2) is 17.4 Å². The Labute approximate surface area is 196 Å². The first-order chi connectivity index (χ1) is 16.4. The van der Waals surface area contributed by atoms with Gasteiger partial charge in [-0.25, -0.2) is 13.8 Å². The molecule has 1 atom stereocenters. The molecular formula is C24H25F2N5O3. The number of nitrogens with zero attached hydrogens (tertiary/aromatic N) is 5. The minimum Gasteiger partial charge on any atom is -0.473 e. The fourth-order valence-corrected chi connectivity index (χ4v) is 4.41. The number of benzene rings is 1. The third-order valence-corrected chi connectivity index (χ3v) is 6.18. The predicted octanol–water partition coefficient (Wildman–Crippen LogP) is 3.04. The van der Waals surface area contributed by atoms with Gasteiger partial charge in [0.25, 0.3) is 0 Å². The molecule has 1 aromatic heterocycles. The number of aryl methyl sites for hydroxylation is 1. The molecule has 1 aromatic carbocycles. The Morgan fingerprint density at radius 1 is 1.18 bits per heavy atom. The number of hydrogen-bond donors (Lipinski definition) is 0. The summed E-state index contributed by atoms with van der Waals surface area (Å²) in [6, 6.07) is 5.90. The van der Waals surface area contributed by atoms with Gasteiger partial charge in [-0.3, -0.25) is 9.78 Å². The Kier molecular flexibility index (Phi) is 5.80. The zero-order valence-electron chi connectivity index (χ0n) is 19.0. The SMILES string of the molecule is CC(=O)N1CCN2C3=CC(OCc4cc(F)c(Oc5ccc(C)nc5)c(F)c4)=NCN3CC2C1. The summed E-state index contributed by atoms with van der Waals surface area (Å²) < 4.78 is 40.2. The first-order valence-corrected chi connectivity index (χ1v) is 11.1. The Balaban J connectivity index is 1.23. The molecule has 1 amide bonds. The molecule has 0 aliphatic carbocycles. The maximum absolute atomic E-state index is 14.6. The zero-order valence-corrected chi connectivity index (χ0v) is 19.0. The van der Waals surface area contributed by atoms with Gasteiger partial charge in [0.2, 0.25) is 11.8 Å². The molecule has 10 heteroatoms. The van der Waals surface area contributed by atoms with Crippen molar-refractivity contribution in [2.45, 2.75) is 26.5 Å². The molecule has 8 nitrogen and oxygen atoms in total. The summed E-state index contributed by atoms with van der Waals surface area (Å²) in [4.78, 5) is 26.5. The topological polar surface area (TPSA) is 70.5 Å². The van der Waals surface area contributed by atoms with E-state index in [0.717, 1.165) is 24.6 Å². The van der Waals surface area contributed by atoms with Crippen molar-refractivity contribution in [3.8, 4) is 11.5 Å². The molecule has 0 bridgehead atoms. The van der Waals surface area contributed by atoms with Crippen molar-refractivity contribution in [3.05, 3.63) is 65.3 Å². The lowest BCUT2D eigenvalue weighted by Gasteiger charge is -2.38. The molecule has 1 unspecified atom stereocenters. The average Bonchev–Trinajstić information content (AvgIpc) is 3.18. The summed E-state index contributed by atoms with van der Waals surface area (Å²) in [6.45, 7) is 6.70. The number of fused-ring (bicyclic) bond motifs is 3. The highest BCUT2D eigenvalue weighted by Gasteiger charge is 2.39. The third kappa shape index (κ3) is 4.40. The van der Waals surface area contributed by atoms with Crippen molar-refractivity contribution in [2.75, 3.05) is 32.8 Å². The van der Waals surface area contributed by atoms with E-state index in [4.69, 9.17) is 9.47 Å². The van der Waals surface area contributed by atoms with Crippen LogP contribution in [0.5, 0.6) is 11.5 Å². The average molecular weight is 469 g/mol. The first-order valence-electron chi connectivity index (χ1n) is 11.1. The van der Waals surface area contributed by atoms with Gasteiger partial charge in [-0.05, 0) is 36.8 Å². The molecule has 3 aliphatic heterocycles. The summed E-state index contributed by atoms with van der Waals surface area (Å²) in [5.74, 6) is -0.375. The predicted molar refractivity (Wildman–Crippen MR) is 120 cm³/mol. The van der Waals surface area contributed by atoms with E-state index in [9.17, 15) is 13.6 Å². The molecule has 0 radical (unpaired) electrons. The number of ether oxygens (including phenoxy) is 2. The number of carbonyl (C=O) groups excluding carboxylic acids is 1. The van der Waals surface area contributed by atoms with E-state index in [0.29, 0.717) is 31.2 Å². The molecule has 3 aliphatic rings. The standard InChI is InChI=1S/C24H25F2N5O3/c1-15-3-4-19(10-27-15)34-24-20(25)7-17(8-21(24)26)13-33-22-9-23-30(14-28-22)12-18-11-29(16(2)32)5-6-31(18)23/h3-4,7-10,18H,5-6,11-14H2,1-2H3. The van der Waals surface area contributed by atoms with Crippen LogP contribution < -0.4 is 4.74 Å². The number of halogens is 2. The van der Waals surface area contributed by atoms with Gasteiger partial charge >= 0.3 is 0 Å². The van der Waals surface area contributed by atoms with Crippen LogP contribution in [0, 0.1) is 18.6 Å². The van der Waals surface area contributed by atoms with E-state index < -0.39 is 17.4 Å². The molecule has 0 spiro atoms. The fourth-order valence-electron chi connectivity index (χ4n) is 4.41. The van der Waals surface area contributed by atoms with Crippen LogP contribution in [0.15, 0.2) is 47.4 Å². The highest BCUT2D eigenvalue weighted by Crippen LogP contribution is 2.31. The van der Waals surface area contributed by atoms with E-state index in [-0.39, 0.29) is 24.3 Å². The van der Waals surface area contributed by atoms with Crippen LogP contribution in [0.4, 0.5) is 8.78 Å². The molecule has 5 rings (SSSR count). The lowest BCUT2D eigenvalue weighted by atomic mass is 10.2. The lowest BCUT2D eigenvalue weighted by molar-refractivity contribution is -0.131. The van der Waals surface area contributed by atoms with Crippen molar-refractivity contribution in [1.82, 2.24) is 19.7 Å².